The van der Waals surface area contributed by atoms with E-state index in [1.54, 1.807) is 12.1 Å². The lowest BCUT2D eigenvalue weighted by Gasteiger charge is -2.38. The van der Waals surface area contributed by atoms with E-state index in [1.807, 2.05) is 0 Å². The molecule has 2 aliphatic rings. The minimum atomic E-state index is -3.41. The third-order valence-corrected chi connectivity index (χ3v) is 4.74. The monoisotopic (exact) mass is 385 g/mol. The number of carbonyl (C=O) groups excluding carboxylic acids is 1. The summed E-state index contributed by atoms with van der Waals surface area (Å²) in [6, 6.07) is 5.95. The largest absolute Gasteiger partial charge is 0.418 e. The van der Waals surface area contributed by atoms with Crippen molar-refractivity contribution in [2.24, 2.45) is 5.92 Å². The molecule has 1 fully saturated rings. The molecule has 1 aliphatic heterocycles. The molecule has 4 rings (SSSR count). The van der Waals surface area contributed by atoms with E-state index in [0.29, 0.717) is 12.5 Å². The quantitative estimate of drug-likeness (QED) is 0.824. The number of ether oxygens (including phenoxy) is 1. The summed E-state index contributed by atoms with van der Waals surface area (Å²) in [4.78, 5) is 27.8. The van der Waals surface area contributed by atoms with E-state index in [4.69, 9.17) is 4.74 Å². The van der Waals surface area contributed by atoms with Crippen molar-refractivity contribution in [1.82, 2.24) is 9.55 Å². The number of cyclic esters (lactones) is 1. The van der Waals surface area contributed by atoms with Crippen LogP contribution in [-0.2, 0) is 16.9 Å². The van der Waals surface area contributed by atoms with Crippen LogP contribution in [0.5, 0.6) is 0 Å². The van der Waals surface area contributed by atoms with Crippen LogP contribution < -0.4 is 10.9 Å². The lowest BCUT2D eigenvalue weighted by atomic mass is 9.85. The van der Waals surface area contributed by atoms with Crippen molar-refractivity contribution in [3.63, 3.8) is 0 Å². The highest BCUT2D eigenvalue weighted by Gasteiger charge is 2.57. The molecule has 0 saturated heterocycles. The van der Waals surface area contributed by atoms with Crippen molar-refractivity contribution >= 4 is 11.8 Å². The third-order valence-electron chi connectivity index (χ3n) is 4.74. The zero-order valence-corrected chi connectivity index (χ0v) is 15.0. The Morgan fingerprint density at radius 1 is 1.36 bits per heavy atom. The molecule has 0 unspecified atom stereocenters. The maximum Gasteiger partial charge on any atom is 0.413 e. The molecule has 1 aromatic heterocycles. The molecular weight excluding hydrogens is 368 g/mol. The van der Waals surface area contributed by atoms with E-state index >= 15 is 0 Å². The lowest BCUT2D eigenvalue weighted by molar-refractivity contribution is -0.142. The van der Waals surface area contributed by atoms with E-state index < -0.39 is 17.6 Å². The highest BCUT2D eigenvalue weighted by Crippen LogP contribution is 2.46. The number of hydrogen-bond acceptors (Lipinski definition) is 4. The van der Waals surface area contributed by atoms with Gasteiger partial charge in [0.2, 0.25) is 0 Å². The number of halogens is 2. The third kappa shape index (κ3) is 3.24. The first-order valence-electron chi connectivity index (χ1n) is 8.83. The Morgan fingerprint density at radius 3 is 2.82 bits per heavy atom. The molecular formula is C20H17F2N3O3. The van der Waals surface area contributed by atoms with Crippen LogP contribution in [0.15, 0.2) is 41.6 Å². The Bertz CT molecular complexity index is 1060. The van der Waals surface area contributed by atoms with Crippen LogP contribution in [0.25, 0.3) is 0 Å². The second-order valence-corrected chi connectivity index (χ2v) is 7.05. The summed E-state index contributed by atoms with van der Waals surface area (Å²) in [5, 5.41) is 2.47. The molecule has 1 aromatic carbocycles. The van der Waals surface area contributed by atoms with Crippen LogP contribution in [0.2, 0.25) is 0 Å². The molecule has 8 heteroatoms. The number of hydrogen-bond donors (Lipinski definition) is 1. The molecule has 1 atom stereocenters. The number of aromatic nitrogens is 2. The predicted octanol–water partition coefficient (Wildman–Crippen LogP) is 3.12. The summed E-state index contributed by atoms with van der Waals surface area (Å²) in [5.41, 5.74) is -1.67. The van der Waals surface area contributed by atoms with E-state index in [9.17, 15) is 18.4 Å². The van der Waals surface area contributed by atoms with Gasteiger partial charge >= 0.3 is 6.09 Å². The number of anilines is 1. The number of fused-ring (bicyclic) bond motifs is 1. The fraction of sp³-hybridized carbons (Fsp3) is 0.350. The average Bonchev–Trinajstić information content (AvgIpc) is 3.44. The van der Waals surface area contributed by atoms with Crippen molar-refractivity contribution < 1.29 is 18.3 Å². The van der Waals surface area contributed by atoms with E-state index in [-0.39, 0.29) is 29.3 Å². The Labute approximate surface area is 159 Å². The SMILES string of the molecule is CC(F)(F)[C@@]1(C#CC2CC2)OC(=O)Nc2cc(Cn3cnccc3=O)ccc21. The van der Waals surface area contributed by atoms with Crippen molar-refractivity contribution in [3.05, 3.63) is 58.3 Å². The maximum atomic E-state index is 14.6. The smallest absolute Gasteiger partial charge is 0.413 e. The first kappa shape index (κ1) is 18.2. The van der Waals surface area contributed by atoms with E-state index in [1.165, 1.54) is 29.2 Å². The molecule has 0 radical (unpaired) electrons. The van der Waals surface area contributed by atoms with Gasteiger partial charge in [0.25, 0.3) is 17.1 Å². The molecule has 0 bridgehead atoms. The Morgan fingerprint density at radius 2 is 2.14 bits per heavy atom. The number of rotatable bonds is 3. The Balaban J connectivity index is 1.78. The normalized spacial score (nSPS) is 21.0. The van der Waals surface area contributed by atoms with Crippen molar-refractivity contribution in [1.29, 1.82) is 0 Å². The molecule has 1 N–H and O–H groups in total. The van der Waals surface area contributed by atoms with Gasteiger partial charge in [0.1, 0.15) is 0 Å². The van der Waals surface area contributed by atoms with Crippen molar-refractivity contribution in [2.45, 2.75) is 37.8 Å². The van der Waals surface area contributed by atoms with Crippen molar-refractivity contribution in [3.8, 4) is 11.8 Å². The molecule has 6 nitrogen and oxygen atoms in total. The van der Waals surface area contributed by atoms with E-state index in [0.717, 1.165) is 12.8 Å². The minimum absolute atomic E-state index is 0.0630. The van der Waals surface area contributed by atoms with Gasteiger partial charge in [0.05, 0.1) is 18.6 Å². The van der Waals surface area contributed by atoms with Gasteiger partial charge in [-0.2, -0.15) is 0 Å². The number of amides is 1. The number of alkyl halides is 2. The standard InChI is InChI=1S/C20H17F2N3O3/c1-19(21,22)20(8-6-13-2-3-13)15-5-4-14(10-16(15)24-18(27)28-20)11-25-12-23-9-7-17(25)26/h4-5,7,9-10,12-13H,2-3,11H2,1H3,(H,24,27)/t20-/m0/s1. The number of carbonyl (C=O) groups is 1. The first-order valence-corrected chi connectivity index (χ1v) is 8.83. The summed E-state index contributed by atoms with van der Waals surface area (Å²) in [6.07, 6.45) is 3.50. The first-order chi connectivity index (χ1) is 13.3. The zero-order valence-electron chi connectivity index (χ0n) is 15.0. The van der Waals surface area contributed by atoms with Gasteiger partial charge in [0, 0.05) is 30.7 Å². The average molecular weight is 385 g/mol. The molecule has 1 amide bonds. The minimum Gasteiger partial charge on any atom is -0.418 e. The van der Waals surface area contributed by atoms with Gasteiger partial charge in [-0.3, -0.25) is 14.7 Å². The molecule has 0 spiro atoms. The Kier molecular flexibility index (Phi) is 4.18. The highest BCUT2D eigenvalue weighted by molar-refractivity contribution is 5.90. The summed E-state index contributed by atoms with van der Waals surface area (Å²) >= 11 is 0. The van der Waals surface area contributed by atoms with E-state index in [2.05, 4.69) is 22.1 Å². The molecule has 2 heterocycles. The van der Waals surface area contributed by atoms with Crippen LogP contribution >= 0.6 is 0 Å². The second-order valence-electron chi connectivity index (χ2n) is 7.05. The lowest BCUT2D eigenvalue weighted by Crippen LogP contribution is -2.50. The summed E-state index contributed by atoms with van der Waals surface area (Å²) in [7, 11) is 0. The number of nitrogens with one attached hydrogen (secondary N) is 1. The fourth-order valence-electron chi connectivity index (χ4n) is 3.08. The summed E-state index contributed by atoms with van der Waals surface area (Å²) < 4.78 is 35.7. The zero-order chi connectivity index (χ0) is 19.9. The number of nitrogens with zero attached hydrogens (tertiary/aromatic N) is 2. The Hall–Kier alpha value is -3.21. The van der Waals surface area contributed by atoms with Crippen LogP contribution in [0.4, 0.5) is 19.3 Å². The van der Waals surface area contributed by atoms with Crippen LogP contribution in [-0.4, -0.2) is 21.6 Å². The van der Waals surface area contributed by atoms with Gasteiger partial charge in [-0.15, -0.1) is 0 Å². The van der Waals surface area contributed by atoms with Crippen LogP contribution in [0.1, 0.15) is 30.9 Å². The molecule has 1 saturated carbocycles. The topological polar surface area (TPSA) is 73.2 Å². The molecule has 144 valence electrons. The second kappa shape index (κ2) is 6.44. The molecule has 1 aliphatic carbocycles. The van der Waals surface area contributed by atoms with Gasteiger partial charge in [-0.05, 0) is 30.4 Å². The van der Waals surface area contributed by atoms with Crippen molar-refractivity contribution in [2.75, 3.05) is 5.32 Å². The van der Waals surface area contributed by atoms with Gasteiger partial charge in [0.15, 0.2) is 0 Å². The summed E-state index contributed by atoms with van der Waals surface area (Å²) in [5.74, 6) is 2.01. The fourth-order valence-corrected chi connectivity index (χ4v) is 3.08. The number of benzene rings is 1. The van der Waals surface area contributed by atoms with Gasteiger partial charge in [-0.25, -0.2) is 18.6 Å². The van der Waals surface area contributed by atoms with Gasteiger partial charge in [-0.1, -0.05) is 18.1 Å². The molecule has 28 heavy (non-hydrogen) atoms. The molecule has 2 aromatic rings. The predicted molar refractivity (Wildman–Crippen MR) is 96.9 cm³/mol. The maximum absolute atomic E-state index is 14.6. The van der Waals surface area contributed by atoms with Crippen LogP contribution in [0.3, 0.4) is 0 Å². The van der Waals surface area contributed by atoms with Crippen LogP contribution in [0, 0.1) is 17.8 Å². The highest BCUT2D eigenvalue weighted by atomic mass is 19.3. The van der Waals surface area contributed by atoms with Gasteiger partial charge < -0.3 is 4.74 Å². The summed E-state index contributed by atoms with van der Waals surface area (Å²) in [6.45, 7) is 0.875.